The minimum Gasteiger partial charge on any atom is -0.365 e. The molecule has 3 aromatic rings. The number of hydrogen-bond acceptors (Lipinski definition) is 4. The van der Waals surface area contributed by atoms with E-state index in [0.717, 1.165) is 0 Å². The molecule has 1 fully saturated rings. The topological polar surface area (TPSA) is 90.5 Å². The van der Waals surface area contributed by atoms with Gasteiger partial charge in [-0.15, -0.1) is 0 Å². The molecule has 3 N–H and O–H groups in total. The number of anilines is 3. The molecular weight excluding hydrogens is 584 g/mol. The van der Waals surface area contributed by atoms with Crippen molar-refractivity contribution in [1.82, 2.24) is 5.32 Å². The molecule has 0 unspecified atom stereocenters. The second kappa shape index (κ2) is 12.3. The number of rotatable bonds is 7. The van der Waals surface area contributed by atoms with E-state index in [4.69, 9.17) is 31.0 Å². The summed E-state index contributed by atoms with van der Waals surface area (Å²) in [4.78, 5) is 40.4. The Labute approximate surface area is 254 Å². The standard InChI is InChI=1S/C30H29BCl2F2N4O3/c1-29(2,3)28(42)36-15-17-4-10-22(32)24(25(17)33)27(41)38-20-9-11-23(39-13-12-30(34,35)16-39)21(14-20)26(40)37-19-7-5-18(31)6-8-19/h4-11,14H,12-13,15-16H2,1-3H3,(H,36,42)(H,37,40)(H,38,41). The molecule has 0 saturated carbocycles. The van der Waals surface area contributed by atoms with Crippen LogP contribution in [0, 0.1) is 5.41 Å². The van der Waals surface area contributed by atoms with Crippen molar-refractivity contribution in [3.8, 4) is 0 Å². The summed E-state index contributed by atoms with van der Waals surface area (Å²) in [6.07, 6.45) is -0.339. The predicted molar refractivity (Wildman–Crippen MR) is 164 cm³/mol. The number of carbonyl (C=O) groups is 3. The number of carbonyl (C=O) groups excluding carboxylic acids is 3. The van der Waals surface area contributed by atoms with Gasteiger partial charge < -0.3 is 20.9 Å². The Kier molecular flexibility index (Phi) is 9.18. The van der Waals surface area contributed by atoms with Crippen LogP contribution in [0.15, 0.2) is 54.6 Å². The molecule has 0 aliphatic carbocycles. The van der Waals surface area contributed by atoms with Gasteiger partial charge in [0.1, 0.15) is 7.85 Å². The van der Waals surface area contributed by atoms with Crippen molar-refractivity contribution in [3.05, 3.63) is 81.3 Å². The van der Waals surface area contributed by atoms with Crippen molar-refractivity contribution < 1.29 is 23.2 Å². The smallest absolute Gasteiger partial charge is 0.266 e. The van der Waals surface area contributed by atoms with Gasteiger partial charge in [-0.2, -0.15) is 0 Å². The van der Waals surface area contributed by atoms with E-state index in [0.29, 0.717) is 22.4 Å². The van der Waals surface area contributed by atoms with E-state index in [1.807, 2.05) is 0 Å². The van der Waals surface area contributed by atoms with Gasteiger partial charge in [0.2, 0.25) is 5.91 Å². The van der Waals surface area contributed by atoms with Crippen LogP contribution in [0.25, 0.3) is 0 Å². The Balaban J connectivity index is 1.61. The van der Waals surface area contributed by atoms with Crippen molar-refractivity contribution in [2.45, 2.75) is 39.7 Å². The van der Waals surface area contributed by atoms with Crippen LogP contribution in [-0.4, -0.2) is 44.6 Å². The quantitative estimate of drug-likeness (QED) is 0.294. The van der Waals surface area contributed by atoms with E-state index in [-0.39, 0.29) is 52.3 Å². The lowest BCUT2D eigenvalue weighted by atomic mass is 9.95. The van der Waals surface area contributed by atoms with Gasteiger partial charge in [0.25, 0.3) is 17.7 Å². The molecule has 218 valence electrons. The Hall–Kier alpha value is -3.63. The minimum absolute atomic E-state index is 0.0167. The number of hydrogen-bond donors (Lipinski definition) is 3. The molecule has 42 heavy (non-hydrogen) atoms. The molecule has 0 bridgehead atoms. The molecule has 4 rings (SSSR count). The Morgan fingerprint density at radius 1 is 0.952 bits per heavy atom. The van der Waals surface area contributed by atoms with Gasteiger partial charge in [-0.1, -0.05) is 67.6 Å². The molecule has 3 amide bonds. The van der Waals surface area contributed by atoms with Crippen molar-refractivity contribution in [3.63, 3.8) is 0 Å². The molecule has 3 aromatic carbocycles. The molecule has 1 saturated heterocycles. The average Bonchev–Trinajstić information content (AvgIpc) is 3.28. The predicted octanol–water partition coefficient (Wildman–Crippen LogP) is 5.80. The van der Waals surface area contributed by atoms with Gasteiger partial charge in [-0.25, -0.2) is 8.78 Å². The first kappa shape index (κ1) is 31.3. The highest BCUT2D eigenvalue weighted by Crippen LogP contribution is 2.35. The maximum Gasteiger partial charge on any atom is 0.266 e. The van der Waals surface area contributed by atoms with Crippen LogP contribution in [0.1, 0.15) is 53.5 Å². The van der Waals surface area contributed by atoms with E-state index in [1.54, 1.807) is 51.1 Å². The van der Waals surface area contributed by atoms with Gasteiger partial charge in [0, 0.05) is 42.0 Å². The Bertz CT molecular complexity index is 1530. The summed E-state index contributed by atoms with van der Waals surface area (Å²) in [6, 6.07) is 14.0. The van der Waals surface area contributed by atoms with Gasteiger partial charge in [0.05, 0.1) is 27.7 Å². The van der Waals surface area contributed by atoms with Crippen LogP contribution in [0.2, 0.25) is 10.0 Å². The van der Waals surface area contributed by atoms with Gasteiger partial charge >= 0.3 is 0 Å². The fraction of sp³-hybridized carbons (Fsp3) is 0.300. The molecule has 0 atom stereocenters. The summed E-state index contributed by atoms with van der Waals surface area (Å²) >= 11 is 12.9. The van der Waals surface area contributed by atoms with Crippen LogP contribution in [-0.2, 0) is 11.3 Å². The highest BCUT2D eigenvalue weighted by Gasteiger charge is 2.39. The monoisotopic (exact) mass is 612 g/mol. The van der Waals surface area contributed by atoms with Crippen molar-refractivity contribution >= 4 is 71.3 Å². The summed E-state index contributed by atoms with van der Waals surface area (Å²) in [5, 5.41) is 8.38. The average molecular weight is 613 g/mol. The van der Waals surface area contributed by atoms with E-state index in [1.165, 1.54) is 29.2 Å². The van der Waals surface area contributed by atoms with Crippen molar-refractivity contribution in [2.24, 2.45) is 5.41 Å². The molecule has 1 aliphatic rings. The Morgan fingerprint density at radius 2 is 1.60 bits per heavy atom. The Morgan fingerprint density at radius 3 is 2.21 bits per heavy atom. The fourth-order valence-electron chi connectivity index (χ4n) is 4.35. The highest BCUT2D eigenvalue weighted by molar-refractivity contribution is 6.41. The molecule has 0 spiro atoms. The molecule has 1 aliphatic heterocycles. The summed E-state index contributed by atoms with van der Waals surface area (Å²) in [7, 11) is 5.72. The summed E-state index contributed by atoms with van der Waals surface area (Å²) in [5.74, 6) is -4.30. The van der Waals surface area contributed by atoms with E-state index < -0.39 is 29.7 Å². The SMILES string of the molecule is [B]c1ccc(NC(=O)c2cc(NC(=O)c3c(Cl)ccc(CNC(=O)C(C)(C)C)c3Cl)ccc2N2CCC(F)(F)C2)cc1. The third kappa shape index (κ3) is 7.41. The van der Waals surface area contributed by atoms with Crippen LogP contribution in [0.3, 0.4) is 0 Å². The van der Waals surface area contributed by atoms with Crippen molar-refractivity contribution in [2.75, 3.05) is 28.6 Å². The number of alkyl halides is 2. The summed E-state index contributed by atoms with van der Waals surface area (Å²) < 4.78 is 28.1. The maximum absolute atomic E-state index is 14.0. The molecule has 1 heterocycles. The van der Waals surface area contributed by atoms with Crippen LogP contribution in [0.5, 0.6) is 0 Å². The zero-order valence-electron chi connectivity index (χ0n) is 23.3. The molecule has 7 nitrogen and oxygen atoms in total. The van der Waals surface area contributed by atoms with Gasteiger partial charge in [0.15, 0.2) is 0 Å². The molecule has 12 heteroatoms. The molecular formula is C30H29BCl2F2N4O3. The van der Waals surface area contributed by atoms with E-state index in [2.05, 4.69) is 16.0 Å². The first-order chi connectivity index (χ1) is 19.6. The number of benzene rings is 3. The fourth-order valence-corrected chi connectivity index (χ4v) is 4.96. The van der Waals surface area contributed by atoms with Gasteiger partial charge in [-0.05, 0) is 42.0 Å². The highest BCUT2D eigenvalue weighted by atomic mass is 35.5. The third-order valence-corrected chi connectivity index (χ3v) is 7.44. The number of amides is 3. The van der Waals surface area contributed by atoms with Crippen LogP contribution >= 0.6 is 23.2 Å². The number of nitrogens with one attached hydrogen (secondary N) is 3. The minimum atomic E-state index is -2.89. The maximum atomic E-state index is 14.0. The largest absolute Gasteiger partial charge is 0.365 e. The summed E-state index contributed by atoms with van der Waals surface area (Å²) in [5.41, 5.74) is 1.41. The van der Waals surface area contributed by atoms with Crippen molar-refractivity contribution in [1.29, 1.82) is 0 Å². The van der Waals surface area contributed by atoms with Crippen LogP contribution in [0.4, 0.5) is 25.8 Å². The number of halogens is 4. The normalized spacial score (nSPS) is 14.4. The van der Waals surface area contributed by atoms with Gasteiger partial charge in [-0.3, -0.25) is 14.4 Å². The zero-order valence-corrected chi connectivity index (χ0v) is 24.8. The molecule has 0 aromatic heterocycles. The zero-order chi connectivity index (χ0) is 30.8. The summed E-state index contributed by atoms with van der Waals surface area (Å²) in [6.45, 7) is 4.92. The van der Waals surface area contributed by atoms with E-state index in [9.17, 15) is 23.2 Å². The lowest BCUT2D eigenvalue weighted by Gasteiger charge is -2.22. The van der Waals surface area contributed by atoms with Crippen LogP contribution < -0.4 is 26.3 Å². The first-order valence-electron chi connectivity index (χ1n) is 13.1. The molecule has 2 radical (unpaired) electrons. The second-order valence-electron chi connectivity index (χ2n) is 11.1. The second-order valence-corrected chi connectivity index (χ2v) is 11.9. The van der Waals surface area contributed by atoms with E-state index >= 15 is 0 Å². The lowest BCUT2D eigenvalue weighted by molar-refractivity contribution is -0.128. The third-order valence-electron chi connectivity index (χ3n) is 6.70. The number of nitrogens with zero attached hydrogens (tertiary/aromatic N) is 1. The first-order valence-corrected chi connectivity index (χ1v) is 13.9. The lowest BCUT2D eigenvalue weighted by Crippen LogP contribution is -2.34.